The van der Waals surface area contributed by atoms with Gasteiger partial charge >= 0.3 is 18.1 Å². The normalized spacial score (nSPS) is 11.9. The highest BCUT2D eigenvalue weighted by Gasteiger charge is 2.38. The number of carbonyl (C=O) groups is 2. The average Bonchev–Trinajstić information content (AvgIpc) is 3.11. The van der Waals surface area contributed by atoms with Gasteiger partial charge in [-0.05, 0) is 12.5 Å². The highest BCUT2D eigenvalue weighted by molar-refractivity contribution is 5.87. The maximum Gasteiger partial charge on any atom is 0.490 e. The summed E-state index contributed by atoms with van der Waals surface area (Å²) in [5.74, 6) is -3.14. The lowest BCUT2D eigenvalue weighted by Crippen LogP contribution is -2.21. The second-order valence-electron chi connectivity index (χ2n) is 5.20. The topological polar surface area (TPSA) is 90.7 Å². The van der Waals surface area contributed by atoms with Crippen molar-refractivity contribution in [2.75, 3.05) is 20.3 Å². The van der Waals surface area contributed by atoms with Crippen molar-refractivity contribution in [2.24, 2.45) is 0 Å². The van der Waals surface area contributed by atoms with Crippen molar-refractivity contribution in [3.8, 4) is 0 Å². The molecule has 27 heavy (non-hydrogen) atoms. The molecule has 7 nitrogen and oxygen atoms in total. The van der Waals surface area contributed by atoms with Gasteiger partial charge in [0.1, 0.15) is 12.3 Å². The van der Waals surface area contributed by atoms with Crippen LogP contribution < -0.4 is 0 Å². The summed E-state index contributed by atoms with van der Waals surface area (Å²) in [6.45, 7) is 2.64. The van der Waals surface area contributed by atoms with Gasteiger partial charge in [-0.2, -0.15) is 13.2 Å². The van der Waals surface area contributed by atoms with Gasteiger partial charge in [0.2, 0.25) is 0 Å². The summed E-state index contributed by atoms with van der Waals surface area (Å²) in [6, 6.07) is 9.96. The molecule has 10 heteroatoms. The summed E-state index contributed by atoms with van der Waals surface area (Å²) in [5, 5.41) is 7.12. The number of carboxylic acids is 1. The summed E-state index contributed by atoms with van der Waals surface area (Å²) in [5.41, 5.74) is 1.55. The van der Waals surface area contributed by atoms with Crippen LogP contribution in [-0.4, -0.2) is 53.1 Å². The largest absolute Gasteiger partial charge is 0.490 e. The van der Waals surface area contributed by atoms with Crippen molar-refractivity contribution in [1.29, 1.82) is 0 Å². The molecule has 0 radical (unpaired) electrons. The first kappa shape index (κ1) is 22.2. The molecule has 1 atom stereocenters. The fourth-order valence-corrected chi connectivity index (χ4v) is 1.96. The number of hydrogen-bond donors (Lipinski definition) is 1. The van der Waals surface area contributed by atoms with Gasteiger partial charge in [0.15, 0.2) is 0 Å². The van der Waals surface area contributed by atoms with Crippen LogP contribution in [0.5, 0.6) is 0 Å². The molecule has 148 valence electrons. The smallest absolute Gasteiger partial charge is 0.475 e. The number of methoxy groups -OCH3 is 1. The fraction of sp³-hybridized carbons (Fsp3) is 0.353. The molecule has 0 bridgehead atoms. The number of benzene rings is 1. The Morgan fingerprint density at radius 2 is 1.81 bits per heavy atom. The van der Waals surface area contributed by atoms with E-state index in [0.717, 1.165) is 5.56 Å². The summed E-state index contributed by atoms with van der Waals surface area (Å²) >= 11 is 0. The van der Waals surface area contributed by atoms with Gasteiger partial charge < -0.3 is 19.1 Å². The van der Waals surface area contributed by atoms with Gasteiger partial charge in [0.05, 0.1) is 25.2 Å². The average molecular weight is 388 g/mol. The molecule has 0 fully saturated rings. The summed E-state index contributed by atoms with van der Waals surface area (Å²) in [6.07, 6.45) is -1.92. The van der Waals surface area contributed by atoms with E-state index < -0.39 is 12.1 Å². The van der Waals surface area contributed by atoms with Gasteiger partial charge in [0.25, 0.3) is 0 Å². The zero-order chi connectivity index (χ0) is 20.4. The molecule has 0 aliphatic carbocycles. The Hall–Kier alpha value is -2.88. The molecule has 0 aliphatic heterocycles. The van der Waals surface area contributed by atoms with Crippen molar-refractivity contribution >= 4 is 11.9 Å². The van der Waals surface area contributed by atoms with E-state index in [1.54, 1.807) is 13.4 Å². The highest BCUT2D eigenvalue weighted by atomic mass is 19.4. The van der Waals surface area contributed by atoms with Crippen LogP contribution in [0.15, 0.2) is 42.9 Å². The molecule has 2 rings (SSSR count). The summed E-state index contributed by atoms with van der Waals surface area (Å²) < 4.78 is 43.5. The van der Waals surface area contributed by atoms with E-state index in [-0.39, 0.29) is 18.6 Å². The maximum absolute atomic E-state index is 12.0. The number of aromatic nitrogens is 2. The Kier molecular flexibility index (Phi) is 8.46. The second-order valence-corrected chi connectivity index (χ2v) is 5.20. The predicted molar refractivity (Wildman–Crippen MR) is 88.3 cm³/mol. The Bertz CT molecular complexity index is 732. The highest BCUT2D eigenvalue weighted by Crippen LogP contribution is 2.19. The molecule has 2 aromatic rings. The van der Waals surface area contributed by atoms with Gasteiger partial charge in [0, 0.05) is 7.11 Å². The minimum atomic E-state index is -5.08. The number of hydrogen-bond acceptors (Lipinski definition) is 5. The minimum Gasteiger partial charge on any atom is -0.475 e. The molecule has 0 saturated heterocycles. The zero-order valence-electron chi connectivity index (χ0n) is 14.6. The van der Waals surface area contributed by atoms with Gasteiger partial charge in [-0.15, -0.1) is 0 Å². The van der Waals surface area contributed by atoms with E-state index in [1.807, 2.05) is 41.8 Å². The first-order valence-electron chi connectivity index (χ1n) is 7.71. The third kappa shape index (κ3) is 7.10. The molecule has 0 saturated carbocycles. The molecule has 1 aromatic heterocycles. The van der Waals surface area contributed by atoms with Crippen molar-refractivity contribution < 1.29 is 37.3 Å². The monoisotopic (exact) mass is 388 g/mol. The molecule has 1 N–H and O–H groups in total. The third-order valence-corrected chi connectivity index (χ3v) is 3.34. The number of carboxylic acid groups (broad SMARTS) is 1. The molecule has 1 heterocycles. The number of carbonyl (C=O) groups excluding carboxylic acids is 1. The number of nitrogens with zero attached hydrogens (tertiary/aromatic N) is 2. The standard InChI is InChI=1S/C15H18N2O3.C2HF3O2/c1-12(13-6-4-3-5-7-13)17-11-16-10-14(17)15(18)20-9-8-19-2;3-2(4,5)1(6)7/h3-7,10-12H,8-9H2,1-2H3;(H,6,7)/t12-;/m1./s1. The van der Waals surface area contributed by atoms with Crippen LogP contribution in [-0.2, 0) is 14.3 Å². The summed E-state index contributed by atoms with van der Waals surface area (Å²) in [7, 11) is 1.57. The SMILES string of the molecule is COCCOC(=O)c1cncn1[C@H](C)c1ccccc1.O=C(O)C(F)(F)F. The van der Waals surface area contributed by atoms with Crippen LogP contribution in [0.3, 0.4) is 0 Å². The lowest BCUT2D eigenvalue weighted by molar-refractivity contribution is -0.192. The lowest BCUT2D eigenvalue weighted by Gasteiger charge is -2.16. The van der Waals surface area contributed by atoms with Gasteiger partial charge in [-0.3, -0.25) is 0 Å². The molecule has 0 unspecified atom stereocenters. The third-order valence-electron chi connectivity index (χ3n) is 3.34. The first-order valence-corrected chi connectivity index (χ1v) is 7.71. The first-order chi connectivity index (χ1) is 12.7. The Morgan fingerprint density at radius 1 is 1.22 bits per heavy atom. The van der Waals surface area contributed by atoms with E-state index in [9.17, 15) is 18.0 Å². The Morgan fingerprint density at radius 3 is 2.33 bits per heavy atom. The minimum absolute atomic E-state index is 0.0173. The van der Waals surface area contributed by atoms with E-state index in [4.69, 9.17) is 19.4 Å². The molecule has 0 spiro atoms. The number of esters is 1. The van der Waals surface area contributed by atoms with Crippen LogP contribution in [0.2, 0.25) is 0 Å². The summed E-state index contributed by atoms with van der Waals surface area (Å²) in [4.78, 5) is 24.9. The van der Waals surface area contributed by atoms with Crippen molar-refractivity contribution in [3.05, 3.63) is 54.1 Å². The van der Waals surface area contributed by atoms with Crippen LogP contribution >= 0.6 is 0 Å². The maximum atomic E-state index is 12.0. The Labute approximate surface area is 153 Å². The molecule has 0 amide bonds. The van der Waals surface area contributed by atoms with Crippen LogP contribution in [0.4, 0.5) is 13.2 Å². The number of aliphatic carboxylic acids is 1. The van der Waals surface area contributed by atoms with Crippen LogP contribution in [0.25, 0.3) is 0 Å². The van der Waals surface area contributed by atoms with E-state index >= 15 is 0 Å². The molecular formula is C17H19F3N2O5. The number of alkyl halides is 3. The lowest BCUT2D eigenvalue weighted by atomic mass is 10.1. The van der Waals surface area contributed by atoms with Gasteiger partial charge in [-0.25, -0.2) is 14.6 Å². The van der Waals surface area contributed by atoms with Crippen LogP contribution in [0, 0.1) is 0 Å². The van der Waals surface area contributed by atoms with Crippen LogP contribution in [0.1, 0.15) is 29.0 Å². The molecule has 1 aromatic carbocycles. The van der Waals surface area contributed by atoms with Crippen molar-refractivity contribution in [2.45, 2.75) is 19.1 Å². The quantitative estimate of drug-likeness (QED) is 0.604. The van der Waals surface area contributed by atoms with Crippen molar-refractivity contribution in [1.82, 2.24) is 9.55 Å². The van der Waals surface area contributed by atoms with E-state index in [2.05, 4.69) is 4.98 Å². The number of imidazole rings is 1. The van der Waals surface area contributed by atoms with Gasteiger partial charge in [-0.1, -0.05) is 30.3 Å². The van der Waals surface area contributed by atoms with E-state index in [1.165, 1.54) is 6.20 Å². The van der Waals surface area contributed by atoms with E-state index in [0.29, 0.717) is 12.3 Å². The fourth-order valence-electron chi connectivity index (χ4n) is 1.96. The molecule has 0 aliphatic rings. The van der Waals surface area contributed by atoms with Crippen molar-refractivity contribution in [3.63, 3.8) is 0 Å². The Balaban J connectivity index is 0.000000445. The number of halogens is 3. The second kappa shape index (κ2) is 10.3. The number of ether oxygens (including phenoxy) is 2. The predicted octanol–water partition coefficient (Wildman–Crippen LogP) is 2.93. The molecular weight excluding hydrogens is 369 g/mol. The number of rotatable bonds is 6. The zero-order valence-corrected chi connectivity index (χ0v) is 14.6.